The average molecular weight is 461 g/mol. The summed E-state index contributed by atoms with van der Waals surface area (Å²) in [6, 6.07) is 6.96. The van der Waals surface area contributed by atoms with Gasteiger partial charge in [0.25, 0.3) is 5.92 Å². The third-order valence-corrected chi connectivity index (χ3v) is 5.65. The van der Waals surface area contributed by atoms with Crippen LogP contribution in [0.5, 0.6) is 0 Å². The maximum atomic E-state index is 14.0. The van der Waals surface area contributed by atoms with E-state index >= 15 is 0 Å². The van der Waals surface area contributed by atoms with Gasteiger partial charge in [0.2, 0.25) is 5.91 Å². The molecule has 0 bridgehead atoms. The predicted octanol–water partition coefficient (Wildman–Crippen LogP) is 0.446. The fourth-order valence-corrected chi connectivity index (χ4v) is 3.72. The van der Waals surface area contributed by atoms with Crippen molar-refractivity contribution in [1.82, 2.24) is 25.8 Å². The number of aliphatic hydroxyl groups excluding tert-OH is 2. The number of carbonyl (C=O) groups is 1. The van der Waals surface area contributed by atoms with Gasteiger partial charge in [0.05, 0.1) is 18.2 Å². The predicted molar refractivity (Wildman–Crippen MR) is 115 cm³/mol. The van der Waals surface area contributed by atoms with Gasteiger partial charge in [-0.1, -0.05) is 18.2 Å². The number of nitrogens with one attached hydrogen (secondary N) is 2. The van der Waals surface area contributed by atoms with Crippen molar-refractivity contribution in [3.63, 3.8) is 0 Å². The quantitative estimate of drug-likeness (QED) is 0.506. The van der Waals surface area contributed by atoms with Crippen molar-refractivity contribution in [2.24, 2.45) is 5.10 Å². The maximum absolute atomic E-state index is 14.0. The van der Waals surface area contributed by atoms with Crippen LogP contribution in [0.1, 0.15) is 41.6 Å². The molecule has 1 saturated heterocycles. The summed E-state index contributed by atoms with van der Waals surface area (Å²) in [4.78, 5) is 13.8. The van der Waals surface area contributed by atoms with Gasteiger partial charge in [-0.2, -0.15) is 13.9 Å². The first-order valence-corrected chi connectivity index (χ1v) is 10.5. The third-order valence-electron chi connectivity index (χ3n) is 5.65. The number of anilines is 1. The number of hydrogen-bond acceptors (Lipinski definition) is 9. The Morgan fingerprint density at radius 2 is 2.12 bits per heavy atom. The number of hydrazone groups is 1. The summed E-state index contributed by atoms with van der Waals surface area (Å²) in [6.07, 6.45) is -1.13. The summed E-state index contributed by atoms with van der Waals surface area (Å²) in [6.45, 7) is 1.72. The van der Waals surface area contributed by atoms with Crippen molar-refractivity contribution in [1.29, 1.82) is 0 Å². The van der Waals surface area contributed by atoms with Crippen LogP contribution in [0.2, 0.25) is 0 Å². The highest BCUT2D eigenvalue weighted by molar-refractivity contribution is 6.02. The Balaban J connectivity index is 1.65. The molecule has 12 heteroatoms. The molecule has 0 aliphatic carbocycles. The van der Waals surface area contributed by atoms with Crippen molar-refractivity contribution in [3.8, 4) is 0 Å². The van der Waals surface area contributed by atoms with Gasteiger partial charge in [-0.05, 0) is 24.6 Å². The zero-order chi connectivity index (χ0) is 23.8. The zero-order valence-electron chi connectivity index (χ0n) is 18.2. The molecule has 1 fully saturated rings. The van der Waals surface area contributed by atoms with Crippen molar-refractivity contribution in [3.05, 3.63) is 52.7 Å². The Morgan fingerprint density at radius 3 is 2.85 bits per heavy atom. The second kappa shape index (κ2) is 8.96. The second-order valence-corrected chi connectivity index (χ2v) is 7.97. The molecular formula is C21H25F2N7O3. The van der Waals surface area contributed by atoms with Gasteiger partial charge in [-0.3, -0.25) is 14.7 Å². The molecular weight excluding hydrogens is 436 g/mol. The monoisotopic (exact) mass is 461 g/mol. The molecule has 0 radical (unpaired) electrons. The van der Waals surface area contributed by atoms with Crippen LogP contribution >= 0.6 is 0 Å². The highest BCUT2D eigenvalue weighted by Gasteiger charge is 2.32. The molecule has 2 aromatic rings. The number of aromatic nitrogens is 2. The van der Waals surface area contributed by atoms with E-state index in [2.05, 4.69) is 25.9 Å². The van der Waals surface area contributed by atoms with Crippen LogP contribution in [0.15, 0.2) is 35.4 Å². The minimum absolute atomic E-state index is 0.148. The normalized spacial score (nSPS) is 19.8. The largest absolute Gasteiger partial charge is 0.390 e. The topological polar surface area (TPSA) is 126 Å². The fourth-order valence-electron chi connectivity index (χ4n) is 3.72. The molecule has 1 aromatic heterocycles. The van der Waals surface area contributed by atoms with Gasteiger partial charge in [-0.15, -0.1) is 10.2 Å². The summed E-state index contributed by atoms with van der Waals surface area (Å²) in [5.74, 6) is -2.81. The molecule has 2 aliphatic rings. The number of fused-ring (bicyclic) bond motifs is 1. The van der Waals surface area contributed by atoms with E-state index in [1.54, 1.807) is 26.1 Å². The summed E-state index contributed by atoms with van der Waals surface area (Å²) in [7, 11) is 1.57. The van der Waals surface area contributed by atoms with Gasteiger partial charge in [0.15, 0.2) is 17.9 Å². The number of aliphatic hydroxyl groups is 2. The third kappa shape index (κ3) is 4.49. The Labute approximate surface area is 188 Å². The van der Waals surface area contributed by atoms with E-state index in [0.29, 0.717) is 35.9 Å². The molecule has 10 nitrogen and oxygen atoms in total. The van der Waals surface area contributed by atoms with Crippen LogP contribution in [0.4, 0.5) is 14.6 Å². The van der Waals surface area contributed by atoms with Crippen LogP contribution in [0.25, 0.3) is 0 Å². The zero-order valence-corrected chi connectivity index (χ0v) is 18.2. The number of carbonyl (C=O) groups excluding carboxylic acids is 1. The van der Waals surface area contributed by atoms with E-state index in [0.717, 1.165) is 0 Å². The molecule has 2 atom stereocenters. The lowest BCUT2D eigenvalue weighted by atomic mass is 10.0. The van der Waals surface area contributed by atoms with E-state index in [-0.39, 0.29) is 23.7 Å². The molecule has 176 valence electrons. The molecule has 4 rings (SSSR count). The van der Waals surface area contributed by atoms with Crippen molar-refractivity contribution >= 4 is 17.6 Å². The number of amidine groups is 1. The standard InChI is InChI=1S/C21H25F2N7O3/c1-12(13-4-3-5-14(8-13)21(22,23)11-31)25-19-15-9-16(30-7-6-24-10-17(30)32)26-27-18(15)20(33)29(2)28-19/h3-5,8-9,12,20,24,31,33H,6-7,10-11H2,1-2H3,(H,25,28)/t12-,20?/m1/s1. The van der Waals surface area contributed by atoms with Crippen LogP contribution in [0, 0.1) is 0 Å². The summed E-state index contributed by atoms with van der Waals surface area (Å²) < 4.78 is 27.9. The molecule has 3 heterocycles. The highest BCUT2D eigenvalue weighted by atomic mass is 19.3. The molecule has 33 heavy (non-hydrogen) atoms. The molecule has 4 N–H and O–H groups in total. The Bertz CT molecular complexity index is 1080. The number of piperazine rings is 1. The minimum atomic E-state index is -3.35. The number of nitrogens with zero attached hydrogens (tertiary/aromatic N) is 5. The number of halogens is 2. The number of benzene rings is 1. The molecule has 0 spiro atoms. The van der Waals surface area contributed by atoms with Crippen LogP contribution in [-0.2, 0) is 10.7 Å². The van der Waals surface area contributed by atoms with Crippen LogP contribution in [-0.4, -0.2) is 70.5 Å². The lowest BCUT2D eigenvalue weighted by Crippen LogP contribution is -2.48. The Hall–Kier alpha value is -3.22. The average Bonchev–Trinajstić information content (AvgIpc) is 2.82. The lowest BCUT2D eigenvalue weighted by molar-refractivity contribution is -0.118. The molecule has 1 unspecified atom stereocenters. The van der Waals surface area contributed by atoms with Crippen molar-refractivity contribution < 1.29 is 23.8 Å². The van der Waals surface area contributed by atoms with E-state index < -0.39 is 24.8 Å². The molecule has 2 aliphatic heterocycles. The first-order valence-electron chi connectivity index (χ1n) is 10.5. The van der Waals surface area contributed by atoms with Crippen LogP contribution < -0.4 is 15.5 Å². The SMILES string of the molecule is C[C@@H](NC1=NN(C)C(O)c2nnc(N3CCNCC3=O)cc21)c1cccc(C(F)(F)CO)c1. The number of amides is 1. The van der Waals surface area contributed by atoms with Gasteiger partial charge in [0.1, 0.15) is 12.3 Å². The number of alkyl halides is 2. The Kier molecular flexibility index (Phi) is 6.23. The van der Waals surface area contributed by atoms with Crippen LogP contribution in [0.3, 0.4) is 0 Å². The fraction of sp³-hybridized carbons (Fsp3) is 0.429. The first kappa shape index (κ1) is 23.0. The summed E-state index contributed by atoms with van der Waals surface area (Å²) in [5.41, 5.74) is 0.980. The van der Waals surface area contributed by atoms with E-state index in [9.17, 15) is 18.7 Å². The lowest BCUT2D eigenvalue weighted by Gasteiger charge is -2.31. The van der Waals surface area contributed by atoms with Gasteiger partial charge in [0, 0.05) is 25.7 Å². The highest BCUT2D eigenvalue weighted by Crippen LogP contribution is 2.30. The van der Waals surface area contributed by atoms with Gasteiger partial charge >= 0.3 is 0 Å². The van der Waals surface area contributed by atoms with E-state index in [1.807, 2.05) is 0 Å². The van der Waals surface area contributed by atoms with Crippen molar-refractivity contribution in [2.45, 2.75) is 25.1 Å². The molecule has 0 saturated carbocycles. The second-order valence-electron chi connectivity index (χ2n) is 7.97. The van der Waals surface area contributed by atoms with Gasteiger partial charge < -0.3 is 20.8 Å². The smallest absolute Gasteiger partial charge is 0.295 e. The maximum Gasteiger partial charge on any atom is 0.295 e. The summed E-state index contributed by atoms with van der Waals surface area (Å²) >= 11 is 0. The number of rotatable bonds is 5. The first-order chi connectivity index (χ1) is 15.7. The van der Waals surface area contributed by atoms with Crippen molar-refractivity contribution in [2.75, 3.05) is 38.2 Å². The molecule has 1 aromatic carbocycles. The van der Waals surface area contributed by atoms with Gasteiger partial charge in [-0.25, -0.2) is 0 Å². The molecule has 1 amide bonds. The number of hydrogen-bond donors (Lipinski definition) is 4. The Morgan fingerprint density at radius 1 is 1.33 bits per heavy atom. The van der Waals surface area contributed by atoms with E-state index in [4.69, 9.17) is 5.11 Å². The summed E-state index contributed by atoms with van der Waals surface area (Å²) in [5, 5.41) is 39.6. The minimum Gasteiger partial charge on any atom is -0.390 e. The van der Waals surface area contributed by atoms with E-state index in [1.165, 1.54) is 28.1 Å².